The molecule has 0 bridgehead atoms. The molecule has 2 nitrogen and oxygen atoms in total. The highest BCUT2D eigenvalue weighted by atomic mass is 35.5. The van der Waals surface area contributed by atoms with Gasteiger partial charge in [-0.2, -0.15) is 0 Å². The summed E-state index contributed by atoms with van der Waals surface area (Å²) >= 11 is 0. The first-order valence-corrected chi connectivity index (χ1v) is 7.37. The second kappa shape index (κ2) is 6.11. The maximum Gasteiger partial charge on any atom is 0.00480 e. The lowest BCUT2D eigenvalue weighted by Crippen LogP contribution is -2.45. The number of hydrogen-bond donors (Lipinski definition) is 1. The van der Waals surface area contributed by atoms with E-state index in [1.807, 2.05) is 0 Å². The summed E-state index contributed by atoms with van der Waals surface area (Å²) in [7, 11) is 0. The van der Waals surface area contributed by atoms with E-state index in [1.165, 1.54) is 52.0 Å². The SMILES string of the molecule is CC(C)C1(C)CCN(CC2(C)CCNC2)CC1.Cl. The molecule has 0 radical (unpaired) electrons. The van der Waals surface area contributed by atoms with E-state index in [0.29, 0.717) is 10.8 Å². The fourth-order valence-electron chi connectivity index (χ4n) is 3.34. The first-order valence-electron chi connectivity index (χ1n) is 7.37. The van der Waals surface area contributed by atoms with Crippen LogP contribution in [-0.4, -0.2) is 37.6 Å². The standard InChI is InChI=1S/C15H30N2.ClH/c1-13(2)15(4)6-9-17(10-7-15)12-14(3)5-8-16-11-14;/h13,16H,5-12H2,1-4H3;1H. The predicted molar refractivity (Wildman–Crippen MR) is 81.5 cm³/mol. The van der Waals surface area contributed by atoms with E-state index in [4.69, 9.17) is 0 Å². The van der Waals surface area contributed by atoms with Crippen molar-refractivity contribution in [3.63, 3.8) is 0 Å². The minimum Gasteiger partial charge on any atom is -0.316 e. The van der Waals surface area contributed by atoms with Crippen LogP contribution in [0.2, 0.25) is 0 Å². The third-order valence-electron chi connectivity index (χ3n) is 5.45. The molecule has 0 aromatic heterocycles. The topological polar surface area (TPSA) is 15.3 Å². The van der Waals surface area contributed by atoms with Gasteiger partial charge in [0.15, 0.2) is 0 Å². The summed E-state index contributed by atoms with van der Waals surface area (Å²) in [4.78, 5) is 2.71. The first-order chi connectivity index (χ1) is 7.94. The maximum atomic E-state index is 3.51. The molecule has 2 aliphatic heterocycles. The highest BCUT2D eigenvalue weighted by Crippen LogP contribution is 2.39. The number of hydrogen-bond acceptors (Lipinski definition) is 2. The lowest BCUT2D eigenvalue weighted by Gasteiger charge is -2.44. The van der Waals surface area contributed by atoms with E-state index < -0.39 is 0 Å². The molecule has 2 aliphatic rings. The lowest BCUT2D eigenvalue weighted by molar-refractivity contribution is 0.0565. The van der Waals surface area contributed by atoms with Gasteiger partial charge in [-0.1, -0.05) is 27.7 Å². The van der Waals surface area contributed by atoms with Crippen molar-refractivity contribution in [1.82, 2.24) is 10.2 Å². The molecule has 108 valence electrons. The molecule has 0 amide bonds. The minimum absolute atomic E-state index is 0. The van der Waals surface area contributed by atoms with Crippen molar-refractivity contribution in [2.75, 3.05) is 32.7 Å². The number of nitrogens with one attached hydrogen (secondary N) is 1. The zero-order valence-corrected chi connectivity index (χ0v) is 13.4. The van der Waals surface area contributed by atoms with Crippen LogP contribution in [0.25, 0.3) is 0 Å². The average Bonchev–Trinajstić information content (AvgIpc) is 2.69. The van der Waals surface area contributed by atoms with Crippen LogP contribution in [0.15, 0.2) is 0 Å². The Labute approximate surface area is 119 Å². The van der Waals surface area contributed by atoms with Crippen molar-refractivity contribution in [3.05, 3.63) is 0 Å². The molecule has 0 spiro atoms. The van der Waals surface area contributed by atoms with Gasteiger partial charge in [0, 0.05) is 13.1 Å². The van der Waals surface area contributed by atoms with Gasteiger partial charge in [0.2, 0.25) is 0 Å². The molecule has 2 fully saturated rings. The van der Waals surface area contributed by atoms with Gasteiger partial charge < -0.3 is 10.2 Å². The lowest BCUT2D eigenvalue weighted by atomic mass is 9.71. The summed E-state index contributed by atoms with van der Waals surface area (Å²) in [5.74, 6) is 0.827. The van der Waals surface area contributed by atoms with E-state index in [-0.39, 0.29) is 12.4 Å². The Kier molecular flexibility index (Phi) is 5.52. The Morgan fingerprint density at radius 2 is 1.72 bits per heavy atom. The fraction of sp³-hybridized carbons (Fsp3) is 1.00. The van der Waals surface area contributed by atoms with Crippen LogP contribution < -0.4 is 5.32 Å². The van der Waals surface area contributed by atoms with E-state index in [0.717, 1.165) is 5.92 Å². The van der Waals surface area contributed by atoms with Crippen molar-refractivity contribution < 1.29 is 0 Å². The van der Waals surface area contributed by atoms with Crippen LogP contribution in [0.4, 0.5) is 0 Å². The van der Waals surface area contributed by atoms with Crippen LogP contribution in [0.1, 0.15) is 47.0 Å². The molecule has 1 unspecified atom stereocenters. The van der Waals surface area contributed by atoms with E-state index in [1.54, 1.807) is 0 Å². The molecular weight excluding hydrogens is 244 g/mol. The second-order valence-electron chi connectivity index (χ2n) is 7.32. The van der Waals surface area contributed by atoms with Gasteiger partial charge in [-0.15, -0.1) is 12.4 Å². The number of rotatable bonds is 3. The van der Waals surface area contributed by atoms with Crippen molar-refractivity contribution in [2.24, 2.45) is 16.7 Å². The molecule has 0 saturated carbocycles. The van der Waals surface area contributed by atoms with Crippen molar-refractivity contribution in [2.45, 2.75) is 47.0 Å². The average molecular weight is 275 g/mol. The van der Waals surface area contributed by atoms with Crippen molar-refractivity contribution in [1.29, 1.82) is 0 Å². The number of likely N-dealkylation sites (tertiary alicyclic amines) is 1. The first kappa shape index (κ1) is 16.3. The molecule has 1 atom stereocenters. The molecule has 2 rings (SSSR count). The molecule has 2 heterocycles. The highest BCUT2D eigenvalue weighted by molar-refractivity contribution is 5.85. The van der Waals surface area contributed by atoms with Gasteiger partial charge in [-0.25, -0.2) is 0 Å². The molecule has 0 aromatic carbocycles. The van der Waals surface area contributed by atoms with Crippen LogP contribution in [-0.2, 0) is 0 Å². The van der Waals surface area contributed by atoms with Gasteiger partial charge in [0.1, 0.15) is 0 Å². The van der Waals surface area contributed by atoms with Gasteiger partial charge in [-0.3, -0.25) is 0 Å². The normalized spacial score (nSPS) is 32.5. The van der Waals surface area contributed by atoms with Crippen molar-refractivity contribution in [3.8, 4) is 0 Å². The Balaban J connectivity index is 0.00000162. The van der Waals surface area contributed by atoms with Crippen LogP contribution >= 0.6 is 12.4 Å². The van der Waals surface area contributed by atoms with E-state index in [9.17, 15) is 0 Å². The molecule has 18 heavy (non-hydrogen) atoms. The highest BCUT2D eigenvalue weighted by Gasteiger charge is 2.36. The predicted octanol–water partition coefficient (Wildman–Crippen LogP) is 3.17. The Morgan fingerprint density at radius 1 is 1.11 bits per heavy atom. The summed E-state index contributed by atoms with van der Waals surface area (Å²) in [5, 5.41) is 3.51. The summed E-state index contributed by atoms with van der Waals surface area (Å²) in [6, 6.07) is 0. The van der Waals surface area contributed by atoms with Crippen molar-refractivity contribution >= 4 is 12.4 Å². The molecule has 1 N–H and O–H groups in total. The quantitative estimate of drug-likeness (QED) is 0.851. The molecule has 2 saturated heterocycles. The van der Waals surface area contributed by atoms with Gasteiger partial charge in [-0.05, 0) is 55.6 Å². The monoisotopic (exact) mass is 274 g/mol. The summed E-state index contributed by atoms with van der Waals surface area (Å²) in [6.45, 7) is 16.1. The molecule has 0 aromatic rings. The van der Waals surface area contributed by atoms with Gasteiger partial charge in [0.05, 0.1) is 0 Å². The molecule has 0 aliphatic carbocycles. The smallest absolute Gasteiger partial charge is 0.00480 e. The van der Waals surface area contributed by atoms with E-state index >= 15 is 0 Å². The third-order valence-corrected chi connectivity index (χ3v) is 5.45. The summed E-state index contributed by atoms with van der Waals surface area (Å²) < 4.78 is 0. The fourth-order valence-corrected chi connectivity index (χ4v) is 3.34. The van der Waals surface area contributed by atoms with Gasteiger partial charge >= 0.3 is 0 Å². The number of nitrogens with zero attached hydrogens (tertiary/aromatic N) is 1. The van der Waals surface area contributed by atoms with E-state index in [2.05, 4.69) is 37.9 Å². The largest absolute Gasteiger partial charge is 0.316 e. The van der Waals surface area contributed by atoms with Crippen LogP contribution in [0.3, 0.4) is 0 Å². The number of halogens is 1. The van der Waals surface area contributed by atoms with Crippen LogP contribution in [0, 0.1) is 16.7 Å². The second-order valence-corrected chi connectivity index (χ2v) is 7.32. The third kappa shape index (κ3) is 3.61. The molecular formula is C15H31ClN2. The Morgan fingerprint density at radius 3 is 2.17 bits per heavy atom. The summed E-state index contributed by atoms with van der Waals surface area (Å²) in [6.07, 6.45) is 4.12. The van der Waals surface area contributed by atoms with Gasteiger partial charge in [0.25, 0.3) is 0 Å². The Bertz CT molecular complexity index is 251. The van der Waals surface area contributed by atoms with Crippen LogP contribution in [0.5, 0.6) is 0 Å². The summed E-state index contributed by atoms with van der Waals surface area (Å²) in [5.41, 5.74) is 1.12. The zero-order valence-electron chi connectivity index (χ0n) is 12.6. The molecule has 3 heteroatoms. The minimum atomic E-state index is 0. The number of piperidine rings is 1. The Hall–Kier alpha value is 0.210. The maximum absolute atomic E-state index is 3.51. The zero-order chi connectivity index (χ0) is 12.5.